The molecule has 0 saturated heterocycles. The highest BCUT2D eigenvalue weighted by Gasteiger charge is 2.17. The Labute approximate surface area is 205 Å². The maximum Gasteiger partial charge on any atom is 1.00 e. The van der Waals surface area contributed by atoms with Crippen LogP contribution < -0.4 is 0 Å². The molecule has 0 aliphatic heterocycles. The maximum absolute atomic E-state index is 8.88. The second kappa shape index (κ2) is 17.4. The van der Waals surface area contributed by atoms with Gasteiger partial charge >= 0.3 is 18.5 Å². The first-order valence-corrected chi connectivity index (χ1v) is 19.2. The molecule has 0 radical (unpaired) electrons. The molecule has 1 atom stereocenters. The number of hydrogen-bond donors (Lipinski definition) is 6. The molecule has 6 N–H and O–H groups in total. The Kier molecular flexibility index (Phi) is 19.8. The van der Waals surface area contributed by atoms with E-state index < -0.39 is 30.2 Å². The Morgan fingerprint density at radius 1 is 0.576 bits per heavy atom. The average Bonchev–Trinajstić information content (AvgIpc) is 2.51. The Morgan fingerprint density at radius 3 is 0.909 bits per heavy atom. The van der Waals surface area contributed by atoms with Crippen LogP contribution in [0, 0.1) is 0 Å². The smallest absolute Gasteiger partial charge is 0.303 e. The summed E-state index contributed by atoms with van der Waals surface area (Å²) >= 11 is 0. The van der Waals surface area contributed by atoms with Crippen LogP contribution in [0.25, 0.3) is 0 Å². The maximum atomic E-state index is 8.88. The standard InChI is InChI=1S/2C10H16P.2H3O4P.H3P/c2*1-11(2,3)9-10-7-5-4-6-8-10;2*1-5(2,3)4;/h2*4-8H,9H2,1-3H3;2*(H3,1,2,3,4);1H3/q2*+1;;;/p+2. The summed E-state index contributed by atoms with van der Waals surface area (Å²) in [6, 6.07) is 21.5. The van der Waals surface area contributed by atoms with Crippen molar-refractivity contribution in [3.8, 4) is 0 Å². The third-order valence-electron chi connectivity index (χ3n) is 3.00. The van der Waals surface area contributed by atoms with Crippen molar-refractivity contribution in [1.29, 1.82) is 0 Å². The van der Waals surface area contributed by atoms with Crippen LogP contribution in [0.15, 0.2) is 60.7 Å². The lowest BCUT2D eigenvalue weighted by molar-refractivity contribution is 0.272. The van der Waals surface area contributed by atoms with Gasteiger partial charge in [-0.1, -0.05) is 60.7 Å². The second-order valence-electron chi connectivity index (χ2n) is 8.89. The van der Waals surface area contributed by atoms with Crippen molar-refractivity contribution in [1.82, 2.24) is 0 Å². The molecule has 0 amide bonds. The van der Waals surface area contributed by atoms with Crippen LogP contribution in [0.5, 0.6) is 0 Å². The second-order valence-corrected chi connectivity index (χ2v) is 20.7. The first-order valence-electron chi connectivity index (χ1n) is 9.41. The quantitative estimate of drug-likeness (QED) is 0.293. The van der Waals surface area contributed by atoms with Crippen molar-refractivity contribution in [3.63, 3.8) is 0 Å². The molecule has 0 aliphatic carbocycles. The molecule has 0 saturated carbocycles. The van der Waals surface area contributed by atoms with Gasteiger partial charge in [0.15, 0.2) is 0 Å². The van der Waals surface area contributed by atoms with Crippen molar-refractivity contribution in [3.05, 3.63) is 71.8 Å². The molecule has 8 nitrogen and oxygen atoms in total. The third-order valence-corrected chi connectivity index (χ3v) is 5.63. The minimum atomic E-state index is -4.64. The summed E-state index contributed by atoms with van der Waals surface area (Å²) < 4.78 is 17.8. The molecule has 0 spiro atoms. The van der Waals surface area contributed by atoms with Crippen LogP contribution in [-0.4, -0.2) is 69.3 Å². The highest BCUT2D eigenvalue weighted by molar-refractivity contribution is 7.73. The van der Waals surface area contributed by atoms with Crippen molar-refractivity contribution in [2.24, 2.45) is 0 Å². The number of hydrogen-bond acceptors (Lipinski definition) is 2. The van der Waals surface area contributed by atoms with E-state index in [4.69, 9.17) is 38.5 Å². The van der Waals surface area contributed by atoms with Crippen LogP contribution >= 0.6 is 40.1 Å². The summed E-state index contributed by atoms with van der Waals surface area (Å²) in [4.78, 5) is 43.1. The molecule has 192 valence electrons. The van der Waals surface area contributed by atoms with Gasteiger partial charge in [0.25, 0.3) is 0 Å². The molecule has 0 aromatic heterocycles. The molecule has 1 unspecified atom stereocenters. The Morgan fingerprint density at radius 2 is 0.758 bits per heavy atom. The van der Waals surface area contributed by atoms with Gasteiger partial charge in [0.05, 0.1) is 12.3 Å². The highest BCUT2D eigenvalue weighted by atomic mass is 31.2. The van der Waals surface area contributed by atoms with Gasteiger partial charge in [-0.25, -0.2) is 9.13 Å². The van der Waals surface area contributed by atoms with E-state index in [0.29, 0.717) is 0 Å². The van der Waals surface area contributed by atoms with E-state index in [2.05, 4.69) is 101 Å². The van der Waals surface area contributed by atoms with Gasteiger partial charge in [0.1, 0.15) is 0 Å². The van der Waals surface area contributed by atoms with Gasteiger partial charge < -0.3 is 29.4 Å². The zero-order chi connectivity index (χ0) is 25.6. The highest BCUT2D eigenvalue weighted by Crippen LogP contribution is 2.50. The van der Waals surface area contributed by atoms with Crippen LogP contribution in [0.2, 0.25) is 0 Å². The number of rotatable bonds is 4. The van der Waals surface area contributed by atoms with E-state index in [0.717, 1.165) is 0 Å². The summed E-state index contributed by atoms with van der Waals surface area (Å²) in [5, 5.41) is 0. The minimum absolute atomic E-state index is 0. The topological polar surface area (TPSA) is 156 Å². The summed E-state index contributed by atoms with van der Waals surface area (Å²) in [5.74, 6) is 0. The van der Waals surface area contributed by atoms with Gasteiger partial charge in [-0.3, -0.25) is 0 Å². The molecule has 0 bridgehead atoms. The molecule has 33 heavy (non-hydrogen) atoms. The molecule has 2 aromatic carbocycles. The minimum Gasteiger partial charge on any atom is -0.303 e. The molecule has 13 heteroatoms. The largest absolute Gasteiger partial charge is 1.00 e. The molecule has 0 aliphatic rings. The Bertz CT molecular complexity index is 748. The molecule has 2 aromatic rings. The van der Waals surface area contributed by atoms with Crippen LogP contribution in [0.3, 0.4) is 0 Å². The Hall–Kier alpha value is -0.0500. The van der Waals surface area contributed by atoms with E-state index >= 15 is 0 Å². The predicted octanol–water partition coefficient (Wildman–Crippen LogP) is 4.61. The molecular formula is C20H43O8P5+4. The lowest BCUT2D eigenvalue weighted by Gasteiger charge is -2.10. The van der Waals surface area contributed by atoms with Crippen LogP contribution in [0.1, 0.15) is 14.0 Å². The van der Waals surface area contributed by atoms with E-state index in [1.165, 1.54) is 23.5 Å². The fourth-order valence-corrected chi connectivity index (χ4v) is 4.87. The van der Waals surface area contributed by atoms with Gasteiger partial charge in [-0.2, -0.15) is 9.90 Å². The SMILES string of the molecule is C[P+](C)(C)Cc1ccccc1.C[P+](C)(C)Cc1ccccc1.O=P(O)(O)O.O=P(O)(O)O.P.[H+].[H+]. The third kappa shape index (κ3) is 42.6. The van der Waals surface area contributed by atoms with Crippen molar-refractivity contribution in [2.45, 2.75) is 12.3 Å². The normalized spacial score (nSPS) is 11.3. The van der Waals surface area contributed by atoms with Crippen molar-refractivity contribution in [2.75, 3.05) is 40.0 Å². The molecular weight excluding hydrogens is 523 g/mol. The average molecular weight is 566 g/mol. The van der Waals surface area contributed by atoms with Crippen LogP contribution in [0.4, 0.5) is 0 Å². The monoisotopic (exact) mass is 566 g/mol. The lowest BCUT2D eigenvalue weighted by atomic mass is 10.2. The van der Waals surface area contributed by atoms with Crippen LogP contribution in [-0.2, 0) is 21.5 Å². The van der Waals surface area contributed by atoms with Gasteiger partial charge in [0, 0.05) is 54.5 Å². The van der Waals surface area contributed by atoms with E-state index in [1.807, 2.05) is 0 Å². The molecule has 0 fully saturated rings. The summed E-state index contributed by atoms with van der Waals surface area (Å²) in [6.45, 7) is 14.2. The first kappa shape index (κ1) is 37.5. The van der Waals surface area contributed by atoms with Crippen molar-refractivity contribution >= 4 is 40.1 Å². The zero-order valence-electron chi connectivity index (χ0n) is 22.2. The molecule has 2 rings (SSSR count). The Balaban J connectivity index is -0.000000118. The van der Waals surface area contributed by atoms with Crippen molar-refractivity contribution < 1.29 is 41.3 Å². The predicted molar refractivity (Wildman–Crippen MR) is 152 cm³/mol. The lowest BCUT2D eigenvalue weighted by Crippen LogP contribution is -1.90. The number of benzene rings is 2. The van der Waals surface area contributed by atoms with E-state index in [9.17, 15) is 0 Å². The summed E-state index contributed by atoms with van der Waals surface area (Å²) in [5.41, 5.74) is 2.96. The van der Waals surface area contributed by atoms with Gasteiger partial charge in [-0.15, -0.1) is 0 Å². The fourth-order valence-electron chi connectivity index (χ4n) is 2.26. The zero-order valence-corrected chi connectivity index (χ0v) is 25.2. The van der Waals surface area contributed by atoms with Gasteiger partial charge in [0.2, 0.25) is 0 Å². The number of phosphoric acid groups is 2. The summed E-state index contributed by atoms with van der Waals surface area (Å²) in [6.07, 6.45) is 2.54. The van der Waals surface area contributed by atoms with E-state index in [-0.39, 0.29) is 12.8 Å². The van der Waals surface area contributed by atoms with E-state index in [1.54, 1.807) is 0 Å². The molecule has 0 heterocycles. The fraction of sp³-hybridized carbons (Fsp3) is 0.400. The van der Waals surface area contributed by atoms with Gasteiger partial charge in [-0.05, 0) is 11.1 Å². The first-order chi connectivity index (χ1) is 14.2. The summed E-state index contributed by atoms with van der Waals surface area (Å²) in [7, 11) is -10.6.